The second-order valence-electron chi connectivity index (χ2n) is 6.27. The molecule has 1 fully saturated rings. The Morgan fingerprint density at radius 2 is 1.96 bits per heavy atom. The number of anilines is 1. The summed E-state index contributed by atoms with van der Waals surface area (Å²) < 4.78 is 67.0. The van der Waals surface area contributed by atoms with Gasteiger partial charge >= 0.3 is 6.18 Å². The van der Waals surface area contributed by atoms with Gasteiger partial charge in [0.25, 0.3) is 5.91 Å². The Balaban J connectivity index is 1.90. The molecule has 0 bridgehead atoms. The number of nitrogens with zero attached hydrogens (tertiary/aromatic N) is 2. The van der Waals surface area contributed by atoms with Crippen LogP contribution in [0.2, 0.25) is 10.2 Å². The first-order valence-corrected chi connectivity index (χ1v) is 9.99. The van der Waals surface area contributed by atoms with Gasteiger partial charge in [-0.1, -0.05) is 23.2 Å². The van der Waals surface area contributed by atoms with Gasteiger partial charge < -0.3 is 9.88 Å². The normalized spacial score (nSPS) is 16.1. The third-order valence-electron chi connectivity index (χ3n) is 4.20. The second-order valence-corrected chi connectivity index (χ2v) is 8.69. The summed E-state index contributed by atoms with van der Waals surface area (Å²) in [7, 11) is -3.27. The number of carbonyl (C=O) groups is 1. The summed E-state index contributed by atoms with van der Waals surface area (Å²) in [6.07, 6.45) is -3.14. The fourth-order valence-corrected chi connectivity index (χ4v) is 4.89. The molecule has 0 saturated heterocycles. The molecular formula is C15H13Cl2F3N4O3S. The number of alkyl halides is 3. The number of hydrogen-bond acceptors (Lipinski definition) is 4. The van der Waals surface area contributed by atoms with Gasteiger partial charge in [-0.05, 0) is 25.0 Å². The van der Waals surface area contributed by atoms with Gasteiger partial charge in [0.05, 0.1) is 5.02 Å². The van der Waals surface area contributed by atoms with Gasteiger partial charge in [0.2, 0.25) is 10.0 Å². The van der Waals surface area contributed by atoms with Crippen LogP contribution in [0, 0.1) is 0 Å². The molecule has 1 aliphatic carbocycles. The molecule has 7 nitrogen and oxygen atoms in total. The highest BCUT2D eigenvalue weighted by molar-refractivity contribution is 7.89. The quantitative estimate of drug-likeness (QED) is 0.674. The van der Waals surface area contributed by atoms with E-state index in [-0.39, 0.29) is 29.4 Å². The highest BCUT2D eigenvalue weighted by atomic mass is 35.5. The molecule has 0 atom stereocenters. The van der Waals surface area contributed by atoms with E-state index in [2.05, 4.69) is 10.3 Å². The number of aromatic nitrogens is 2. The molecule has 3 rings (SSSR count). The molecule has 152 valence electrons. The summed E-state index contributed by atoms with van der Waals surface area (Å²) in [4.78, 5) is 15.6. The third-order valence-corrected chi connectivity index (χ3v) is 6.45. The van der Waals surface area contributed by atoms with Crippen LogP contribution in [-0.2, 0) is 17.1 Å². The van der Waals surface area contributed by atoms with Crippen molar-refractivity contribution < 1.29 is 26.4 Å². The molecule has 0 spiro atoms. The maximum Gasteiger partial charge on any atom is 0.407 e. The number of rotatable bonds is 5. The van der Waals surface area contributed by atoms with Crippen molar-refractivity contribution in [1.29, 1.82) is 0 Å². The van der Waals surface area contributed by atoms with Crippen LogP contribution in [0.3, 0.4) is 0 Å². The molecule has 0 aliphatic heterocycles. The van der Waals surface area contributed by atoms with Crippen LogP contribution in [0.1, 0.15) is 23.3 Å². The van der Waals surface area contributed by atoms with Crippen molar-refractivity contribution >= 4 is 44.8 Å². The summed E-state index contributed by atoms with van der Waals surface area (Å²) >= 11 is 11.8. The Labute approximate surface area is 167 Å². The van der Waals surface area contributed by atoms with Gasteiger partial charge in [-0.25, -0.2) is 13.4 Å². The van der Waals surface area contributed by atoms with Crippen LogP contribution in [0.5, 0.6) is 0 Å². The van der Waals surface area contributed by atoms with E-state index in [0.717, 1.165) is 10.8 Å². The van der Waals surface area contributed by atoms with Gasteiger partial charge in [0, 0.05) is 25.1 Å². The Hall–Kier alpha value is -1.82. The molecule has 2 heterocycles. The average Bonchev–Trinajstić information content (AvgIpc) is 3.25. The molecule has 2 aromatic rings. The van der Waals surface area contributed by atoms with E-state index >= 15 is 0 Å². The number of nitrogens with one attached hydrogen (secondary N) is 2. The number of amides is 1. The molecule has 1 saturated carbocycles. The van der Waals surface area contributed by atoms with Crippen LogP contribution in [0.4, 0.5) is 18.9 Å². The highest BCUT2D eigenvalue weighted by Crippen LogP contribution is 2.50. The van der Waals surface area contributed by atoms with Crippen molar-refractivity contribution in [2.45, 2.75) is 29.5 Å². The number of carbonyl (C=O) groups excluding carboxylic acids is 1. The molecule has 13 heteroatoms. The third kappa shape index (κ3) is 3.84. The van der Waals surface area contributed by atoms with E-state index in [4.69, 9.17) is 23.2 Å². The van der Waals surface area contributed by atoms with Crippen molar-refractivity contribution in [3.05, 3.63) is 40.4 Å². The lowest BCUT2D eigenvalue weighted by Gasteiger charge is -2.20. The molecule has 0 radical (unpaired) electrons. The fourth-order valence-electron chi connectivity index (χ4n) is 2.57. The van der Waals surface area contributed by atoms with Gasteiger partial charge in [0.1, 0.15) is 21.3 Å². The first-order valence-electron chi connectivity index (χ1n) is 7.75. The largest absolute Gasteiger partial charge is 0.407 e. The molecule has 28 heavy (non-hydrogen) atoms. The minimum atomic E-state index is -4.73. The van der Waals surface area contributed by atoms with E-state index in [1.165, 1.54) is 25.4 Å². The monoisotopic (exact) mass is 456 g/mol. The smallest absolute Gasteiger partial charge is 0.344 e. The van der Waals surface area contributed by atoms with Crippen molar-refractivity contribution in [3.8, 4) is 0 Å². The van der Waals surface area contributed by atoms with Crippen LogP contribution in [-0.4, -0.2) is 35.6 Å². The SMILES string of the molecule is Cn1cc(S(=O)(=O)NC2(C(F)(F)F)CC2)c(Cl)c1C(=O)Nc1ccnc(Cl)c1. The van der Waals surface area contributed by atoms with Gasteiger partial charge in [-0.3, -0.25) is 4.79 Å². The zero-order valence-electron chi connectivity index (χ0n) is 14.1. The van der Waals surface area contributed by atoms with E-state index in [1.807, 2.05) is 0 Å². The second kappa shape index (κ2) is 6.90. The first kappa shape index (κ1) is 20.9. The Morgan fingerprint density at radius 1 is 1.32 bits per heavy atom. The van der Waals surface area contributed by atoms with Crippen molar-refractivity contribution in [3.63, 3.8) is 0 Å². The number of hydrogen-bond donors (Lipinski definition) is 2. The fraction of sp³-hybridized carbons (Fsp3) is 0.333. The maximum absolute atomic E-state index is 13.1. The summed E-state index contributed by atoms with van der Waals surface area (Å²) in [6, 6.07) is 2.80. The van der Waals surface area contributed by atoms with Gasteiger partial charge in [-0.2, -0.15) is 17.9 Å². The first-order chi connectivity index (χ1) is 12.9. The standard InChI is InChI=1S/C15H13Cl2F3N4O3S/c1-24-7-9(28(26,27)23-14(3-4-14)15(18,19)20)11(17)12(24)13(25)22-8-2-5-21-10(16)6-8/h2,5-7,23H,3-4H2,1H3,(H,21,22,25). The highest BCUT2D eigenvalue weighted by Gasteiger charge is 2.65. The van der Waals surface area contributed by atoms with Crippen LogP contribution in [0.25, 0.3) is 0 Å². The summed E-state index contributed by atoms with van der Waals surface area (Å²) in [5, 5.41) is 2.09. The minimum Gasteiger partial charge on any atom is -0.344 e. The lowest BCUT2D eigenvalue weighted by Crippen LogP contribution is -2.47. The Morgan fingerprint density at radius 3 is 2.50 bits per heavy atom. The van der Waals surface area contributed by atoms with Crippen LogP contribution in [0.15, 0.2) is 29.4 Å². The zero-order valence-corrected chi connectivity index (χ0v) is 16.5. The van der Waals surface area contributed by atoms with E-state index in [1.54, 1.807) is 4.72 Å². The number of aryl methyl sites for hydroxylation is 1. The van der Waals surface area contributed by atoms with E-state index in [9.17, 15) is 26.4 Å². The van der Waals surface area contributed by atoms with Crippen molar-refractivity contribution in [1.82, 2.24) is 14.3 Å². The van der Waals surface area contributed by atoms with Gasteiger partial charge in [-0.15, -0.1) is 0 Å². The molecule has 2 N–H and O–H groups in total. The Bertz CT molecular complexity index is 1050. The Kier molecular flexibility index (Phi) is 5.15. The molecule has 2 aromatic heterocycles. The molecule has 0 unspecified atom stereocenters. The lowest BCUT2D eigenvalue weighted by molar-refractivity contribution is -0.160. The molecule has 1 amide bonds. The predicted octanol–water partition coefficient (Wildman–Crippen LogP) is 3.35. The summed E-state index contributed by atoms with van der Waals surface area (Å²) in [6.45, 7) is 0. The molecule has 1 aliphatic rings. The number of sulfonamides is 1. The molecule has 0 aromatic carbocycles. The van der Waals surface area contributed by atoms with E-state index < -0.39 is 37.6 Å². The van der Waals surface area contributed by atoms with Crippen molar-refractivity contribution in [2.75, 3.05) is 5.32 Å². The van der Waals surface area contributed by atoms with Crippen LogP contribution >= 0.6 is 23.2 Å². The minimum absolute atomic E-state index is 0.116. The van der Waals surface area contributed by atoms with Crippen LogP contribution < -0.4 is 10.0 Å². The number of pyridine rings is 1. The summed E-state index contributed by atoms with van der Waals surface area (Å²) in [5.41, 5.74) is -2.47. The zero-order chi connectivity index (χ0) is 20.9. The van der Waals surface area contributed by atoms with Crippen molar-refractivity contribution in [2.24, 2.45) is 7.05 Å². The molecular weight excluding hydrogens is 444 g/mol. The average molecular weight is 457 g/mol. The topological polar surface area (TPSA) is 93.1 Å². The predicted molar refractivity (Wildman–Crippen MR) is 96.0 cm³/mol. The summed E-state index contributed by atoms with van der Waals surface area (Å²) in [5.74, 6) is -0.770. The lowest BCUT2D eigenvalue weighted by atomic mass is 10.3. The number of halogens is 5. The van der Waals surface area contributed by atoms with E-state index in [0.29, 0.717) is 0 Å². The maximum atomic E-state index is 13.1. The van der Waals surface area contributed by atoms with Gasteiger partial charge in [0.15, 0.2) is 0 Å².